The Morgan fingerprint density at radius 3 is 2.56 bits per heavy atom. The van der Waals surface area contributed by atoms with Crippen LogP contribution in [0.5, 0.6) is 0 Å². The molecule has 5 heteroatoms. The quantitative estimate of drug-likeness (QED) is 0.828. The molecule has 1 saturated heterocycles. The Hall–Kier alpha value is -0.910. The highest BCUT2D eigenvalue weighted by Crippen LogP contribution is 2.21. The van der Waals surface area contributed by atoms with Crippen molar-refractivity contribution in [2.24, 2.45) is 7.05 Å². The van der Waals surface area contributed by atoms with E-state index < -0.39 is 0 Å². The summed E-state index contributed by atoms with van der Waals surface area (Å²) in [4.78, 5) is 0. The first-order chi connectivity index (χ1) is 8.58. The molecule has 0 saturated carbocycles. The average molecular weight is 253 g/mol. The van der Waals surface area contributed by atoms with Gasteiger partial charge in [0.2, 0.25) is 0 Å². The molecule has 0 atom stereocenters. The van der Waals surface area contributed by atoms with Crippen LogP contribution in [-0.4, -0.2) is 40.2 Å². The van der Waals surface area contributed by atoms with Crippen molar-refractivity contribution < 1.29 is 9.84 Å². The minimum Gasteiger partial charge on any atom is -0.394 e. The molecular weight excluding hydrogens is 230 g/mol. The largest absolute Gasteiger partial charge is 0.394 e. The maximum absolute atomic E-state index is 9.62. The van der Waals surface area contributed by atoms with Crippen molar-refractivity contribution in [3.05, 3.63) is 17.0 Å². The van der Waals surface area contributed by atoms with Gasteiger partial charge in [-0.15, -0.1) is 0 Å². The number of aryl methyl sites for hydroxylation is 2. The number of aromatic nitrogens is 2. The summed E-state index contributed by atoms with van der Waals surface area (Å²) in [6.07, 6.45) is 1.73. The van der Waals surface area contributed by atoms with Crippen LogP contribution in [0.4, 0.5) is 0 Å². The minimum absolute atomic E-state index is 0.161. The van der Waals surface area contributed by atoms with Crippen LogP contribution in [0, 0.1) is 13.8 Å². The summed E-state index contributed by atoms with van der Waals surface area (Å²) in [5, 5.41) is 17.5. The number of hydrogen-bond acceptors (Lipinski definition) is 4. The van der Waals surface area contributed by atoms with Crippen molar-refractivity contribution in [1.29, 1.82) is 0 Å². The van der Waals surface area contributed by atoms with Gasteiger partial charge in [-0.25, -0.2) is 0 Å². The number of rotatable bonds is 4. The maximum atomic E-state index is 9.62. The van der Waals surface area contributed by atoms with Gasteiger partial charge in [0.15, 0.2) is 0 Å². The second kappa shape index (κ2) is 5.38. The number of hydrogen-bond donors (Lipinski definition) is 2. The van der Waals surface area contributed by atoms with Gasteiger partial charge < -0.3 is 15.2 Å². The van der Waals surface area contributed by atoms with Crippen molar-refractivity contribution in [2.75, 3.05) is 19.8 Å². The Balaban J connectivity index is 2.05. The maximum Gasteiger partial charge on any atom is 0.0641 e. The van der Waals surface area contributed by atoms with Gasteiger partial charge in [0, 0.05) is 43.6 Å². The molecule has 0 bridgehead atoms. The van der Waals surface area contributed by atoms with Crippen molar-refractivity contribution >= 4 is 0 Å². The lowest BCUT2D eigenvalue weighted by Gasteiger charge is -2.36. The molecule has 102 valence electrons. The molecule has 1 aromatic heterocycles. The van der Waals surface area contributed by atoms with E-state index in [0.29, 0.717) is 0 Å². The van der Waals surface area contributed by atoms with Crippen LogP contribution >= 0.6 is 0 Å². The fourth-order valence-corrected chi connectivity index (χ4v) is 2.50. The zero-order valence-corrected chi connectivity index (χ0v) is 11.5. The van der Waals surface area contributed by atoms with Crippen LogP contribution in [0.2, 0.25) is 0 Å². The predicted octanol–water partition coefficient (Wildman–Crippen LogP) is 0.668. The third-order valence-corrected chi connectivity index (χ3v) is 4.05. The third-order valence-electron chi connectivity index (χ3n) is 4.05. The van der Waals surface area contributed by atoms with Gasteiger partial charge in [0.1, 0.15) is 0 Å². The summed E-state index contributed by atoms with van der Waals surface area (Å²) >= 11 is 0. The van der Waals surface area contributed by atoms with Crippen LogP contribution in [0.25, 0.3) is 0 Å². The topological polar surface area (TPSA) is 59.3 Å². The second-order valence-corrected chi connectivity index (χ2v) is 5.18. The summed E-state index contributed by atoms with van der Waals surface area (Å²) in [5.41, 5.74) is 3.28. The molecule has 1 aliphatic rings. The predicted molar refractivity (Wildman–Crippen MR) is 69.4 cm³/mol. The molecule has 2 rings (SSSR count). The van der Waals surface area contributed by atoms with Crippen LogP contribution in [0.15, 0.2) is 0 Å². The van der Waals surface area contributed by atoms with Crippen LogP contribution in [0.3, 0.4) is 0 Å². The summed E-state index contributed by atoms with van der Waals surface area (Å²) in [7, 11) is 1.96. The molecule has 0 aromatic carbocycles. The molecule has 5 nitrogen and oxygen atoms in total. The van der Waals surface area contributed by atoms with Crippen molar-refractivity contribution in [1.82, 2.24) is 15.1 Å². The smallest absolute Gasteiger partial charge is 0.0641 e. The first kappa shape index (κ1) is 13.5. The highest BCUT2D eigenvalue weighted by atomic mass is 16.5. The van der Waals surface area contributed by atoms with Gasteiger partial charge in [0.25, 0.3) is 0 Å². The van der Waals surface area contributed by atoms with Crippen molar-refractivity contribution in [2.45, 2.75) is 38.8 Å². The Bertz CT molecular complexity index is 409. The SMILES string of the molecule is Cc1nn(C)c(C)c1CNC1(CO)CCOCC1. The van der Waals surface area contributed by atoms with Gasteiger partial charge in [-0.05, 0) is 26.7 Å². The summed E-state index contributed by atoms with van der Waals surface area (Å²) < 4.78 is 7.27. The monoisotopic (exact) mass is 253 g/mol. The Kier molecular flexibility index (Phi) is 4.04. The zero-order chi connectivity index (χ0) is 13.2. The molecular formula is C13H23N3O2. The fraction of sp³-hybridized carbons (Fsp3) is 0.769. The Labute approximate surface area is 108 Å². The molecule has 0 aliphatic carbocycles. The number of ether oxygens (including phenoxy) is 1. The van der Waals surface area contributed by atoms with Crippen molar-refractivity contribution in [3.8, 4) is 0 Å². The van der Waals surface area contributed by atoms with Crippen molar-refractivity contribution in [3.63, 3.8) is 0 Å². The molecule has 0 radical (unpaired) electrons. The summed E-state index contributed by atoms with van der Waals surface area (Å²) in [6, 6.07) is 0. The Morgan fingerprint density at radius 2 is 2.06 bits per heavy atom. The standard InChI is InChI=1S/C13H23N3O2/c1-10-12(11(2)16(3)15-10)8-14-13(9-17)4-6-18-7-5-13/h14,17H,4-9H2,1-3H3. The first-order valence-corrected chi connectivity index (χ1v) is 6.51. The molecule has 1 fully saturated rings. The number of aliphatic hydroxyl groups is 1. The van der Waals surface area contributed by atoms with E-state index in [9.17, 15) is 5.11 Å². The van der Waals surface area contributed by atoms with E-state index in [-0.39, 0.29) is 12.1 Å². The lowest BCUT2D eigenvalue weighted by atomic mass is 9.90. The second-order valence-electron chi connectivity index (χ2n) is 5.18. The average Bonchev–Trinajstić information content (AvgIpc) is 2.62. The summed E-state index contributed by atoms with van der Waals surface area (Å²) in [6.45, 7) is 6.46. The molecule has 18 heavy (non-hydrogen) atoms. The van der Waals surface area contributed by atoms with E-state index >= 15 is 0 Å². The van der Waals surface area contributed by atoms with E-state index in [0.717, 1.165) is 38.3 Å². The van der Waals surface area contributed by atoms with Crippen LogP contribution in [-0.2, 0) is 18.3 Å². The normalized spacial score (nSPS) is 19.1. The molecule has 2 N–H and O–H groups in total. The Morgan fingerprint density at radius 1 is 1.39 bits per heavy atom. The highest BCUT2D eigenvalue weighted by molar-refractivity contribution is 5.24. The molecule has 2 heterocycles. The number of aliphatic hydroxyl groups excluding tert-OH is 1. The number of nitrogens with one attached hydrogen (secondary N) is 1. The van der Waals surface area contributed by atoms with E-state index in [4.69, 9.17) is 4.74 Å². The molecule has 0 unspecified atom stereocenters. The third kappa shape index (κ3) is 2.58. The number of nitrogens with zero attached hydrogens (tertiary/aromatic N) is 2. The van der Waals surface area contributed by atoms with Gasteiger partial charge in [-0.3, -0.25) is 4.68 Å². The molecule has 0 amide bonds. The fourth-order valence-electron chi connectivity index (χ4n) is 2.50. The molecule has 1 aliphatic heterocycles. The van der Waals surface area contributed by atoms with Crippen LogP contribution < -0.4 is 5.32 Å². The molecule has 1 aromatic rings. The minimum atomic E-state index is -0.188. The highest BCUT2D eigenvalue weighted by Gasteiger charge is 2.31. The van der Waals surface area contributed by atoms with E-state index in [1.807, 2.05) is 18.7 Å². The van der Waals surface area contributed by atoms with E-state index in [1.165, 1.54) is 11.3 Å². The first-order valence-electron chi connectivity index (χ1n) is 6.51. The lowest BCUT2D eigenvalue weighted by Crippen LogP contribution is -2.52. The summed E-state index contributed by atoms with van der Waals surface area (Å²) in [5.74, 6) is 0. The molecule has 0 spiro atoms. The van der Waals surface area contributed by atoms with Gasteiger partial charge in [0.05, 0.1) is 12.3 Å². The van der Waals surface area contributed by atoms with Gasteiger partial charge in [-0.1, -0.05) is 0 Å². The lowest BCUT2D eigenvalue weighted by molar-refractivity contribution is 0.0111. The van der Waals surface area contributed by atoms with Gasteiger partial charge in [-0.2, -0.15) is 5.10 Å². The van der Waals surface area contributed by atoms with E-state index in [2.05, 4.69) is 17.3 Å². The van der Waals surface area contributed by atoms with E-state index in [1.54, 1.807) is 0 Å². The van der Waals surface area contributed by atoms with Gasteiger partial charge >= 0.3 is 0 Å². The van der Waals surface area contributed by atoms with Crippen LogP contribution in [0.1, 0.15) is 29.8 Å². The zero-order valence-electron chi connectivity index (χ0n) is 11.5.